The minimum Gasteiger partial charge on any atom is -0.353 e. The van der Waals surface area contributed by atoms with Gasteiger partial charge in [0.1, 0.15) is 11.6 Å². The first-order valence-corrected chi connectivity index (χ1v) is 9.93. The molecule has 4 heterocycles. The lowest BCUT2D eigenvalue weighted by Crippen LogP contribution is -2.45. The summed E-state index contributed by atoms with van der Waals surface area (Å²) in [6.07, 6.45) is 3.48. The number of pyridine rings is 1. The zero-order valence-corrected chi connectivity index (χ0v) is 16.6. The van der Waals surface area contributed by atoms with Crippen molar-refractivity contribution in [3.05, 3.63) is 65.9 Å². The smallest absolute Gasteiger partial charge is 0.153 e. The molecule has 6 nitrogen and oxygen atoms in total. The van der Waals surface area contributed by atoms with Gasteiger partial charge in [0.15, 0.2) is 5.65 Å². The van der Waals surface area contributed by atoms with Gasteiger partial charge in [-0.05, 0) is 42.9 Å². The predicted octanol–water partition coefficient (Wildman–Crippen LogP) is 3.32. The summed E-state index contributed by atoms with van der Waals surface area (Å²) >= 11 is 0. The van der Waals surface area contributed by atoms with Crippen LogP contribution in [0.4, 0.5) is 10.2 Å². The van der Waals surface area contributed by atoms with Crippen molar-refractivity contribution in [2.24, 2.45) is 0 Å². The Balaban J connectivity index is 1.54. The number of nitrogens with zero attached hydrogens (tertiary/aromatic N) is 6. The molecule has 0 N–H and O–H groups in total. The first-order valence-electron chi connectivity index (χ1n) is 9.93. The number of likely N-dealkylation sites (N-methyl/N-ethyl adjacent to an activating group) is 1. The lowest BCUT2D eigenvalue weighted by atomic mass is 9.96. The van der Waals surface area contributed by atoms with Crippen molar-refractivity contribution < 1.29 is 4.39 Å². The van der Waals surface area contributed by atoms with Gasteiger partial charge >= 0.3 is 0 Å². The maximum absolute atomic E-state index is 15.2. The van der Waals surface area contributed by atoms with E-state index < -0.39 is 0 Å². The molecule has 1 fully saturated rings. The Labute approximate surface area is 168 Å². The normalized spacial score (nSPS) is 16.6. The number of benzene rings is 1. The van der Waals surface area contributed by atoms with E-state index in [2.05, 4.69) is 26.8 Å². The molecule has 0 bridgehead atoms. The number of aromatic nitrogens is 4. The van der Waals surface area contributed by atoms with Gasteiger partial charge in [-0.3, -0.25) is 4.98 Å². The molecule has 0 saturated carbocycles. The van der Waals surface area contributed by atoms with Gasteiger partial charge in [0.2, 0.25) is 0 Å². The molecule has 5 rings (SSSR count). The summed E-state index contributed by atoms with van der Waals surface area (Å²) in [5, 5.41) is 5.39. The fraction of sp³-hybridized carbons (Fsp3) is 0.318. The van der Waals surface area contributed by atoms with Gasteiger partial charge in [-0.2, -0.15) is 0 Å². The summed E-state index contributed by atoms with van der Waals surface area (Å²) < 4.78 is 17.1. The zero-order chi connectivity index (χ0) is 20.0. The van der Waals surface area contributed by atoms with E-state index in [1.54, 1.807) is 24.5 Å². The molecule has 1 saturated heterocycles. The Bertz CT molecular complexity index is 1180. The number of fused-ring (bicyclic) bond motifs is 2. The quantitative estimate of drug-likeness (QED) is 0.537. The molecule has 1 unspecified atom stereocenters. The molecular weight excluding hydrogens is 367 g/mol. The molecule has 0 aliphatic carbocycles. The maximum atomic E-state index is 15.2. The lowest BCUT2D eigenvalue weighted by Gasteiger charge is -2.33. The lowest BCUT2D eigenvalue weighted by molar-refractivity contribution is 0.311. The highest BCUT2D eigenvalue weighted by atomic mass is 19.1. The highest BCUT2D eigenvalue weighted by Gasteiger charge is 2.21. The summed E-state index contributed by atoms with van der Waals surface area (Å²) in [7, 11) is 2.14. The highest BCUT2D eigenvalue weighted by Crippen LogP contribution is 2.30. The Morgan fingerprint density at radius 1 is 1.00 bits per heavy atom. The van der Waals surface area contributed by atoms with Crippen molar-refractivity contribution >= 4 is 22.4 Å². The second kappa shape index (κ2) is 7.08. The molecule has 1 atom stereocenters. The van der Waals surface area contributed by atoms with Crippen molar-refractivity contribution in [3.8, 4) is 0 Å². The first kappa shape index (κ1) is 18.0. The molecule has 29 heavy (non-hydrogen) atoms. The van der Waals surface area contributed by atoms with Crippen molar-refractivity contribution in [1.29, 1.82) is 0 Å². The van der Waals surface area contributed by atoms with Crippen molar-refractivity contribution in [2.45, 2.75) is 12.8 Å². The molecule has 7 heteroatoms. The van der Waals surface area contributed by atoms with Crippen molar-refractivity contribution in [2.75, 3.05) is 38.1 Å². The van der Waals surface area contributed by atoms with Crippen LogP contribution in [0.2, 0.25) is 0 Å². The standard InChI is InChI=1S/C22H23FN6/c1-15(16-5-6-18-17(22(16)23)4-3-9-24-18)19-14-25-20-7-8-21(26-29(19)20)28-12-10-27(2)11-13-28/h3-9,14-15H,10-13H2,1-2H3. The van der Waals surface area contributed by atoms with Gasteiger partial charge in [-0.15, -0.1) is 5.10 Å². The van der Waals surface area contributed by atoms with E-state index in [4.69, 9.17) is 5.10 Å². The van der Waals surface area contributed by atoms with Crippen molar-refractivity contribution in [1.82, 2.24) is 24.5 Å². The Morgan fingerprint density at radius 3 is 2.66 bits per heavy atom. The minimum absolute atomic E-state index is 0.190. The third-order valence-corrected chi connectivity index (χ3v) is 5.86. The van der Waals surface area contributed by atoms with E-state index in [1.807, 2.05) is 35.7 Å². The number of imidazole rings is 1. The summed E-state index contributed by atoms with van der Waals surface area (Å²) in [6.45, 7) is 5.92. The van der Waals surface area contributed by atoms with Crippen LogP contribution in [0, 0.1) is 5.82 Å². The van der Waals surface area contributed by atoms with Crippen LogP contribution in [0.5, 0.6) is 0 Å². The third-order valence-electron chi connectivity index (χ3n) is 5.86. The number of rotatable bonds is 3. The molecule has 1 aliphatic heterocycles. The average Bonchev–Trinajstić information content (AvgIpc) is 3.17. The summed E-state index contributed by atoms with van der Waals surface area (Å²) in [5.74, 6) is 0.512. The first-order chi connectivity index (χ1) is 14.1. The molecule has 0 radical (unpaired) electrons. The van der Waals surface area contributed by atoms with Gasteiger partial charge in [0.05, 0.1) is 17.4 Å². The Kier molecular flexibility index (Phi) is 4.39. The van der Waals surface area contributed by atoms with Gasteiger partial charge in [0, 0.05) is 43.7 Å². The van der Waals surface area contributed by atoms with Crippen LogP contribution in [0.1, 0.15) is 24.1 Å². The van der Waals surface area contributed by atoms with E-state index in [1.165, 1.54) is 0 Å². The van der Waals surface area contributed by atoms with Crippen LogP contribution in [0.15, 0.2) is 48.8 Å². The fourth-order valence-corrected chi connectivity index (χ4v) is 4.01. The van der Waals surface area contributed by atoms with Gasteiger partial charge in [-0.1, -0.05) is 13.0 Å². The SMILES string of the molecule is CC(c1ccc2ncccc2c1F)c1cnc2ccc(N3CCN(C)CC3)nn12. The molecule has 0 spiro atoms. The highest BCUT2D eigenvalue weighted by molar-refractivity contribution is 5.80. The van der Waals surface area contributed by atoms with Crippen LogP contribution in [0.3, 0.4) is 0 Å². The number of halogens is 1. The molecule has 1 aromatic carbocycles. The third kappa shape index (κ3) is 3.11. The monoisotopic (exact) mass is 390 g/mol. The molecule has 1 aliphatic rings. The zero-order valence-electron chi connectivity index (χ0n) is 16.6. The largest absolute Gasteiger partial charge is 0.353 e. The molecule has 3 aromatic heterocycles. The van der Waals surface area contributed by atoms with E-state index in [-0.39, 0.29) is 11.7 Å². The summed E-state index contributed by atoms with van der Waals surface area (Å²) in [6, 6.07) is 11.2. The van der Waals surface area contributed by atoms with Crippen molar-refractivity contribution in [3.63, 3.8) is 0 Å². The summed E-state index contributed by atoms with van der Waals surface area (Å²) in [5.41, 5.74) is 2.93. The van der Waals surface area contributed by atoms with Crippen LogP contribution in [-0.4, -0.2) is 57.7 Å². The van der Waals surface area contributed by atoms with Gasteiger partial charge in [-0.25, -0.2) is 13.9 Å². The second-order valence-electron chi connectivity index (χ2n) is 7.70. The van der Waals surface area contributed by atoms with E-state index in [0.717, 1.165) is 43.3 Å². The number of anilines is 1. The van der Waals surface area contributed by atoms with E-state index in [0.29, 0.717) is 16.5 Å². The average molecular weight is 390 g/mol. The van der Waals surface area contributed by atoms with E-state index >= 15 is 4.39 Å². The Hall–Kier alpha value is -3.06. The number of hydrogen-bond acceptors (Lipinski definition) is 5. The van der Waals surface area contributed by atoms with Gasteiger partial charge < -0.3 is 9.80 Å². The molecule has 0 amide bonds. The Morgan fingerprint density at radius 2 is 1.83 bits per heavy atom. The number of hydrogen-bond donors (Lipinski definition) is 0. The number of piperazine rings is 1. The van der Waals surface area contributed by atoms with Crippen LogP contribution < -0.4 is 4.90 Å². The van der Waals surface area contributed by atoms with Crippen LogP contribution in [0.25, 0.3) is 16.6 Å². The molecule has 148 valence electrons. The molecular formula is C22H23FN6. The predicted molar refractivity (Wildman–Crippen MR) is 112 cm³/mol. The summed E-state index contributed by atoms with van der Waals surface area (Å²) in [4.78, 5) is 13.3. The molecule has 4 aromatic rings. The van der Waals surface area contributed by atoms with Crippen LogP contribution >= 0.6 is 0 Å². The second-order valence-corrected chi connectivity index (χ2v) is 7.70. The topological polar surface area (TPSA) is 49.6 Å². The van der Waals surface area contributed by atoms with E-state index in [9.17, 15) is 0 Å². The fourth-order valence-electron chi connectivity index (χ4n) is 4.01. The maximum Gasteiger partial charge on any atom is 0.153 e. The van der Waals surface area contributed by atoms with Gasteiger partial charge in [0.25, 0.3) is 0 Å². The minimum atomic E-state index is -0.228. The van der Waals surface area contributed by atoms with Crippen LogP contribution in [-0.2, 0) is 0 Å².